The van der Waals surface area contributed by atoms with Crippen molar-refractivity contribution in [2.24, 2.45) is 0 Å². The van der Waals surface area contributed by atoms with Crippen molar-refractivity contribution < 1.29 is 21.9 Å². The topological polar surface area (TPSA) is 61.8 Å². The molecule has 2 rings (SSSR count). The van der Waals surface area contributed by atoms with Crippen molar-refractivity contribution in [1.82, 2.24) is 0 Å². The summed E-state index contributed by atoms with van der Waals surface area (Å²) < 4.78 is 41.0. The summed E-state index contributed by atoms with van der Waals surface area (Å²) in [5.41, 5.74) is 0.382. The lowest BCUT2D eigenvalue weighted by molar-refractivity contribution is 0.00578. The molecule has 1 aromatic rings. The quantitative estimate of drug-likeness (QED) is 0.352. The summed E-state index contributed by atoms with van der Waals surface area (Å²) >= 11 is 0. The van der Waals surface area contributed by atoms with Crippen molar-refractivity contribution in [3.05, 3.63) is 41.9 Å². The molecule has 1 aliphatic heterocycles. The number of rotatable bonds is 9. The molecule has 27 heavy (non-hydrogen) atoms. The third-order valence-electron chi connectivity index (χ3n) is 5.13. The van der Waals surface area contributed by atoms with E-state index in [0.29, 0.717) is 6.42 Å². The van der Waals surface area contributed by atoms with Crippen molar-refractivity contribution in [3.63, 3.8) is 0 Å². The van der Waals surface area contributed by atoms with Crippen molar-refractivity contribution >= 4 is 17.2 Å². The van der Waals surface area contributed by atoms with Gasteiger partial charge in [-0.2, -0.15) is 8.42 Å². The highest BCUT2D eigenvalue weighted by molar-refractivity contribution is 7.86. The van der Waals surface area contributed by atoms with Crippen LogP contribution in [-0.4, -0.2) is 33.3 Å². The van der Waals surface area contributed by atoms with Crippen molar-refractivity contribution in [3.8, 4) is 0 Å². The zero-order valence-electron chi connectivity index (χ0n) is 17.0. The Morgan fingerprint density at radius 3 is 2.19 bits per heavy atom. The van der Waals surface area contributed by atoms with E-state index in [1.165, 1.54) is 0 Å². The molecule has 0 aromatic heterocycles. The van der Waals surface area contributed by atoms with Crippen LogP contribution in [0.3, 0.4) is 0 Å². The average molecular weight is 394 g/mol. The molecule has 0 atom stereocenters. The number of hydrogen-bond acceptors (Lipinski definition) is 5. The van der Waals surface area contributed by atoms with Crippen molar-refractivity contribution in [2.75, 3.05) is 6.61 Å². The molecule has 1 heterocycles. The molecule has 1 aromatic carbocycles. The van der Waals surface area contributed by atoms with Crippen LogP contribution in [0.4, 0.5) is 0 Å². The second-order valence-corrected chi connectivity index (χ2v) is 9.61. The standard InChI is InChI=1S/C20H31BO5S/c1-17-11-13-18(14-12-17)27(22,23)24-16-10-8-6-7-9-15-21-25-19(2,3)20(4,5)26-21/h9,11-15H,6-8,10,16H2,1-5H3/b15-9+. The fourth-order valence-electron chi connectivity index (χ4n) is 2.66. The summed E-state index contributed by atoms with van der Waals surface area (Å²) in [6, 6.07) is 6.68. The van der Waals surface area contributed by atoms with E-state index in [9.17, 15) is 8.42 Å². The lowest BCUT2D eigenvalue weighted by Crippen LogP contribution is -2.41. The monoisotopic (exact) mass is 394 g/mol. The molecule has 0 amide bonds. The van der Waals surface area contributed by atoms with Gasteiger partial charge in [-0.1, -0.05) is 36.2 Å². The maximum Gasteiger partial charge on any atom is 0.486 e. The van der Waals surface area contributed by atoms with Crippen LogP contribution < -0.4 is 0 Å². The molecule has 1 fully saturated rings. The Labute approximate surface area is 164 Å². The zero-order valence-corrected chi connectivity index (χ0v) is 17.8. The predicted molar refractivity (Wildman–Crippen MR) is 108 cm³/mol. The van der Waals surface area contributed by atoms with Gasteiger partial charge in [-0.25, -0.2) is 0 Å². The predicted octanol–water partition coefficient (Wildman–Crippen LogP) is 4.45. The van der Waals surface area contributed by atoms with Gasteiger partial charge in [-0.15, -0.1) is 0 Å². The molecule has 0 aliphatic carbocycles. The summed E-state index contributed by atoms with van der Waals surface area (Å²) in [7, 11) is -3.96. The van der Waals surface area contributed by atoms with Crippen LogP contribution in [0.25, 0.3) is 0 Å². The molecule has 0 radical (unpaired) electrons. The van der Waals surface area contributed by atoms with E-state index in [1.807, 2.05) is 40.6 Å². The maximum absolute atomic E-state index is 12.1. The largest absolute Gasteiger partial charge is 0.486 e. The molecule has 1 aliphatic rings. The molecular formula is C20H31BO5S. The van der Waals surface area contributed by atoms with E-state index >= 15 is 0 Å². The first-order valence-corrected chi connectivity index (χ1v) is 10.9. The van der Waals surface area contributed by atoms with Gasteiger partial charge in [0.15, 0.2) is 0 Å². The van der Waals surface area contributed by atoms with E-state index in [4.69, 9.17) is 13.5 Å². The van der Waals surface area contributed by atoms with E-state index in [0.717, 1.165) is 24.8 Å². The van der Waals surface area contributed by atoms with Gasteiger partial charge in [0.1, 0.15) is 0 Å². The molecule has 150 valence electrons. The lowest BCUT2D eigenvalue weighted by Gasteiger charge is -2.32. The van der Waals surface area contributed by atoms with Gasteiger partial charge < -0.3 is 9.31 Å². The molecule has 7 heteroatoms. The number of benzene rings is 1. The third-order valence-corrected chi connectivity index (χ3v) is 6.45. The van der Waals surface area contributed by atoms with Gasteiger partial charge >= 0.3 is 7.12 Å². The number of allylic oxidation sites excluding steroid dienone is 1. The van der Waals surface area contributed by atoms with Crippen LogP contribution in [0, 0.1) is 6.92 Å². The number of hydrogen-bond donors (Lipinski definition) is 0. The van der Waals surface area contributed by atoms with Crippen molar-refractivity contribution in [2.45, 2.75) is 76.4 Å². The Hall–Kier alpha value is -1.15. The van der Waals surface area contributed by atoms with E-state index in [-0.39, 0.29) is 29.8 Å². The first-order valence-electron chi connectivity index (χ1n) is 9.52. The smallest absolute Gasteiger partial charge is 0.400 e. The SMILES string of the molecule is Cc1ccc(S(=O)(=O)OCCCCC/C=C/B2OC(C)(C)C(C)(C)O2)cc1. The van der Waals surface area contributed by atoms with Gasteiger partial charge in [0.05, 0.1) is 22.7 Å². The summed E-state index contributed by atoms with van der Waals surface area (Å²) in [4.78, 5) is 0.207. The molecule has 0 N–H and O–H groups in total. The van der Waals surface area contributed by atoms with Gasteiger partial charge in [0.2, 0.25) is 0 Å². The maximum atomic E-state index is 12.1. The summed E-state index contributed by atoms with van der Waals surface area (Å²) in [5, 5.41) is 0. The van der Waals surface area contributed by atoms with Gasteiger partial charge in [-0.3, -0.25) is 4.18 Å². The van der Waals surface area contributed by atoms with Gasteiger partial charge in [0.25, 0.3) is 10.1 Å². The highest BCUT2D eigenvalue weighted by Gasteiger charge is 2.49. The van der Waals surface area contributed by atoms with E-state index in [1.54, 1.807) is 24.3 Å². The Kier molecular flexibility index (Phi) is 7.30. The van der Waals surface area contributed by atoms with Crippen molar-refractivity contribution in [1.29, 1.82) is 0 Å². The Balaban J connectivity index is 1.62. The second-order valence-electron chi connectivity index (χ2n) is 7.99. The van der Waals surface area contributed by atoms with Crippen LogP contribution in [0.1, 0.15) is 58.9 Å². The first-order chi connectivity index (χ1) is 12.5. The van der Waals surface area contributed by atoms with Crippen LogP contribution >= 0.6 is 0 Å². The Morgan fingerprint density at radius 1 is 1.00 bits per heavy atom. The van der Waals surface area contributed by atoms with Crippen LogP contribution in [0.5, 0.6) is 0 Å². The minimum Gasteiger partial charge on any atom is -0.400 e. The first kappa shape index (κ1) is 22.1. The van der Waals surface area contributed by atoms with E-state index in [2.05, 4.69) is 6.08 Å². The highest BCUT2D eigenvalue weighted by atomic mass is 32.2. The third kappa shape index (κ3) is 6.17. The summed E-state index contributed by atoms with van der Waals surface area (Å²) in [6.07, 6.45) is 5.53. The molecule has 0 unspecified atom stereocenters. The molecule has 0 bridgehead atoms. The minimum atomic E-state index is -3.65. The fourth-order valence-corrected chi connectivity index (χ4v) is 3.60. The molecule has 1 saturated heterocycles. The number of unbranched alkanes of at least 4 members (excludes halogenated alkanes) is 3. The lowest BCUT2D eigenvalue weighted by atomic mass is 9.89. The van der Waals surface area contributed by atoms with E-state index < -0.39 is 10.1 Å². The van der Waals surface area contributed by atoms with Crippen LogP contribution in [0.15, 0.2) is 41.2 Å². The highest BCUT2D eigenvalue weighted by Crippen LogP contribution is 2.36. The summed E-state index contributed by atoms with van der Waals surface area (Å²) in [6.45, 7) is 10.3. The Bertz CT molecular complexity index is 722. The average Bonchev–Trinajstić information content (AvgIpc) is 2.77. The molecule has 5 nitrogen and oxygen atoms in total. The van der Waals surface area contributed by atoms with Gasteiger partial charge in [-0.05, 0) is 66.0 Å². The zero-order chi connectivity index (χ0) is 20.1. The summed E-state index contributed by atoms with van der Waals surface area (Å²) in [5.74, 6) is 1.95. The molecular weight excluding hydrogens is 363 g/mol. The molecule has 0 spiro atoms. The van der Waals surface area contributed by atoms with Crippen LogP contribution in [-0.2, 0) is 23.6 Å². The van der Waals surface area contributed by atoms with Gasteiger partial charge in [0, 0.05) is 0 Å². The number of aryl methyl sites for hydroxylation is 1. The fraction of sp³-hybridized carbons (Fsp3) is 0.600. The normalized spacial score (nSPS) is 19.1. The molecule has 0 saturated carbocycles. The second kappa shape index (κ2) is 8.90. The minimum absolute atomic E-state index is 0.206. The van der Waals surface area contributed by atoms with Crippen LogP contribution in [0.2, 0.25) is 0 Å². The Morgan fingerprint density at radius 2 is 1.59 bits per heavy atom.